The number of halogens is 4. The molecule has 2 saturated carbocycles. The van der Waals surface area contributed by atoms with Gasteiger partial charge < -0.3 is 0 Å². The lowest BCUT2D eigenvalue weighted by Crippen LogP contribution is -2.17. The van der Waals surface area contributed by atoms with Crippen molar-refractivity contribution in [3.63, 3.8) is 0 Å². The minimum Gasteiger partial charge on any atom is -0.203 e. The van der Waals surface area contributed by atoms with E-state index in [0.717, 1.165) is 57.3 Å². The van der Waals surface area contributed by atoms with Crippen molar-refractivity contribution in [1.29, 1.82) is 0 Å². The molecule has 0 atom stereocenters. The average Bonchev–Trinajstić information content (AvgIpc) is 2.88. The first-order valence-electron chi connectivity index (χ1n) is 13.6. The topological polar surface area (TPSA) is 0 Å². The van der Waals surface area contributed by atoms with Gasteiger partial charge in [-0.05, 0) is 98.1 Å². The molecule has 2 aliphatic carbocycles. The Balaban J connectivity index is 1.37. The minimum atomic E-state index is -0.800. The van der Waals surface area contributed by atoms with Crippen molar-refractivity contribution >= 4 is 6.08 Å². The van der Waals surface area contributed by atoms with E-state index in [1.165, 1.54) is 12.8 Å². The molecule has 0 nitrogen and oxygen atoms in total. The molecule has 0 N–H and O–H groups in total. The number of benzene rings is 2. The molecule has 2 fully saturated rings. The Morgan fingerprint density at radius 2 is 1.26 bits per heavy atom. The van der Waals surface area contributed by atoms with E-state index in [1.807, 2.05) is 18.2 Å². The third-order valence-corrected chi connectivity index (χ3v) is 8.46. The summed E-state index contributed by atoms with van der Waals surface area (Å²) in [5.74, 6) is -1.78. The largest absolute Gasteiger partial charge is 0.203 e. The van der Waals surface area contributed by atoms with Gasteiger partial charge in [0.15, 0.2) is 23.3 Å². The highest BCUT2D eigenvalue weighted by Crippen LogP contribution is 2.42. The first-order valence-corrected chi connectivity index (χ1v) is 13.6. The highest BCUT2D eigenvalue weighted by molar-refractivity contribution is 5.51. The van der Waals surface area contributed by atoms with E-state index in [4.69, 9.17) is 0 Å². The maximum Gasteiger partial charge on any atom is 0.166 e. The van der Waals surface area contributed by atoms with Crippen LogP contribution in [0.3, 0.4) is 0 Å². The van der Waals surface area contributed by atoms with Crippen molar-refractivity contribution in [2.45, 2.75) is 96.3 Å². The Bertz CT molecular complexity index is 1020. The fraction of sp³-hybridized carbons (Fsp3) is 0.548. The summed E-state index contributed by atoms with van der Waals surface area (Å²) >= 11 is 0. The highest BCUT2D eigenvalue weighted by Gasteiger charge is 2.29. The number of rotatable bonds is 7. The SMILES string of the molecule is CCCC1CCC(c2ccc(C3CCC(/C=C/c4ccc(CC)c(F)c4F)CC3)c(F)c2F)CC1. The van der Waals surface area contributed by atoms with E-state index in [1.54, 1.807) is 25.1 Å². The summed E-state index contributed by atoms with van der Waals surface area (Å²) in [6, 6.07) is 6.91. The van der Waals surface area contributed by atoms with E-state index in [2.05, 4.69) is 6.92 Å². The van der Waals surface area contributed by atoms with E-state index in [9.17, 15) is 8.78 Å². The van der Waals surface area contributed by atoms with Crippen molar-refractivity contribution in [1.82, 2.24) is 0 Å². The molecule has 0 radical (unpaired) electrons. The molecule has 0 spiro atoms. The molecule has 35 heavy (non-hydrogen) atoms. The molecule has 2 aromatic rings. The summed E-state index contributed by atoms with van der Waals surface area (Å²) in [6.45, 7) is 4.00. The fourth-order valence-electron chi connectivity index (χ4n) is 6.25. The summed E-state index contributed by atoms with van der Waals surface area (Å²) in [7, 11) is 0. The average molecular weight is 487 g/mol. The monoisotopic (exact) mass is 486 g/mol. The smallest absolute Gasteiger partial charge is 0.166 e. The van der Waals surface area contributed by atoms with Gasteiger partial charge in [0.05, 0.1) is 0 Å². The van der Waals surface area contributed by atoms with Gasteiger partial charge in [0, 0.05) is 5.56 Å². The molecule has 2 aliphatic rings. The van der Waals surface area contributed by atoms with E-state index in [-0.39, 0.29) is 23.3 Å². The van der Waals surface area contributed by atoms with Gasteiger partial charge in [0.25, 0.3) is 0 Å². The van der Waals surface area contributed by atoms with E-state index < -0.39 is 23.3 Å². The maximum atomic E-state index is 15.1. The number of allylic oxidation sites excluding steroid dienone is 1. The summed E-state index contributed by atoms with van der Waals surface area (Å²) < 4.78 is 58.6. The van der Waals surface area contributed by atoms with Gasteiger partial charge in [0.1, 0.15) is 0 Å². The van der Waals surface area contributed by atoms with Crippen molar-refractivity contribution < 1.29 is 17.6 Å². The molecule has 190 valence electrons. The predicted molar refractivity (Wildman–Crippen MR) is 135 cm³/mol. The van der Waals surface area contributed by atoms with Crippen LogP contribution in [-0.4, -0.2) is 0 Å². The zero-order chi connectivity index (χ0) is 24.9. The Hall–Kier alpha value is -2.10. The van der Waals surface area contributed by atoms with Crippen LogP contribution in [0.15, 0.2) is 30.3 Å². The normalized spacial score (nSPS) is 25.3. The van der Waals surface area contributed by atoms with Crippen LogP contribution in [0.1, 0.15) is 112 Å². The molecule has 0 amide bonds. The Morgan fingerprint density at radius 1 is 0.686 bits per heavy atom. The molecule has 0 aromatic heterocycles. The van der Waals surface area contributed by atoms with Gasteiger partial charge in [0.2, 0.25) is 0 Å². The Kier molecular flexibility index (Phi) is 8.73. The molecule has 0 unspecified atom stereocenters. The maximum absolute atomic E-state index is 15.1. The van der Waals surface area contributed by atoms with Crippen molar-refractivity contribution in [2.75, 3.05) is 0 Å². The molecular weight excluding hydrogens is 448 g/mol. The zero-order valence-corrected chi connectivity index (χ0v) is 21.1. The summed E-state index contributed by atoms with van der Waals surface area (Å²) in [6.07, 6.45) is 13.8. The first-order chi connectivity index (χ1) is 16.9. The standard InChI is InChI=1S/C31H38F4/c1-3-5-20-6-11-23(12-7-20)26-18-19-27(31(35)30(26)34)24-13-8-21(9-14-24)10-15-25-17-16-22(4-2)28(32)29(25)33/h10,15-21,23-24H,3-9,11-14H2,1-2H3/b15-10+. The van der Waals surface area contributed by atoms with Crippen LogP contribution in [0, 0.1) is 35.1 Å². The second-order valence-electron chi connectivity index (χ2n) is 10.6. The van der Waals surface area contributed by atoms with E-state index >= 15 is 8.78 Å². The van der Waals surface area contributed by atoms with Crippen LogP contribution in [-0.2, 0) is 6.42 Å². The summed E-state index contributed by atoms with van der Waals surface area (Å²) in [4.78, 5) is 0. The van der Waals surface area contributed by atoms with Crippen LogP contribution >= 0.6 is 0 Å². The van der Waals surface area contributed by atoms with Gasteiger partial charge in [-0.25, -0.2) is 17.6 Å². The van der Waals surface area contributed by atoms with Gasteiger partial charge in [-0.1, -0.05) is 63.1 Å². The lowest BCUT2D eigenvalue weighted by molar-refractivity contribution is 0.302. The van der Waals surface area contributed by atoms with Crippen molar-refractivity contribution in [3.8, 4) is 0 Å². The third-order valence-electron chi connectivity index (χ3n) is 8.46. The van der Waals surface area contributed by atoms with Gasteiger partial charge in [-0.2, -0.15) is 0 Å². The third kappa shape index (κ3) is 5.84. The number of aryl methyl sites for hydroxylation is 1. The quantitative estimate of drug-likeness (QED) is 0.342. The Morgan fingerprint density at radius 3 is 1.80 bits per heavy atom. The summed E-state index contributed by atoms with van der Waals surface area (Å²) in [5, 5.41) is 0. The number of hydrogen-bond acceptors (Lipinski definition) is 0. The molecule has 4 rings (SSSR count). The van der Waals surface area contributed by atoms with Crippen LogP contribution in [0.25, 0.3) is 6.08 Å². The van der Waals surface area contributed by atoms with Crippen LogP contribution in [0.5, 0.6) is 0 Å². The molecule has 0 bridgehead atoms. The fourth-order valence-corrected chi connectivity index (χ4v) is 6.25. The second-order valence-corrected chi connectivity index (χ2v) is 10.6. The highest BCUT2D eigenvalue weighted by atomic mass is 19.2. The minimum absolute atomic E-state index is 0.00140. The van der Waals surface area contributed by atoms with Crippen molar-refractivity contribution in [3.05, 3.63) is 75.9 Å². The van der Waals surface area contributed by atoms with Gasteiger partial charge >= 0.3 is 0 Å². The Labute approximate surface area is 207 Å². The molecule has 4 heteroatoms. The van der Waals surface area contributed by atoms with Crippen LogP contribution < -0.4 is 0 Å². The molecule has 0 aliphatic heterocycles. The van der Waals surface area contributed by atoms with Gasteiger partial charge in [-0.3, -0.25) is 0 Å². The second kappa shape index (κ2) is 11.8. The van der Waals surface area contributed by atoms with Crippen LogP contribution in [0.2, 0.25) is 0 Å². The summed E-state index contributed by atoms with van der Waals surface area (Å²) in [5.41, 5.74) is 1.69. The molecule has 0 heterocycles. The van der Waals surface area contributed by atoms with Crippen LogP contribution in [0.4, 0.5) is 17.6 Å². The number of hydrogen-bond donors (Lipinski definition) is 0. The molecule has 0 saturated heterocycles. The predicted octanol–water partition coefficient (Wildman–Crippen LogP) is 9.87. The molecular formula is C31H38F4. The lowest BCUT2D eigenvalue weighted by atomic mass is 9.75. The van der Waals surface area contributed by atoms with E-state index in [0.29, 0.717) is 23.1 Å². The lowest BCUT2D eigenvalue weighted by Gasteiger charge is -2.30. The zero-order valence-electron chi connectivity index (χ0n) is 21.1. The van der Waals surface area contributed by atoms with Gasteiger partial charge in [-0.15, -0.1) is 0 Å². The molecule has 2 aromatic carbocycles. The van der Waals surface area contributed by atoms with Crippen molar-refractivity contribution in [2.24, 2.45) is 11.8 Å². The first kappa shape index (κ1) is 26.0.